The summed E-state index contributed by atoms with van der Waals surface area (Å²) in [4.78, 5) is 12.5. The summed E-state index contributed by atoms with van der Waals surface area (Å²) < 4.78 is 11.6. The minimum absolute atomic E-state index is 0.200. The van der Waals surface area contributed by atoms with Crippen molar-refractivity contribution in [2.75, 3.05) is 5.32 Å². The molecule has 1 N–H and O–H groups in total. The van der Waals surface area contributed by atoms with E-state index in [1.54, 1.807) is 6.07 Å². The smallest absolute Gasteiger partial charge is 0.269 e. The second kappa shape index (κ2) is 5.72. The zero-order valence-electron chi connectivity index (χ0n) is 12.9. The first kappa shape index (κ1) is 14.4. The average Bonchev–Trinajstić information content (AvgIpc) is 2.49. The molecular formula is C18H19NO3. The Morgan fingerprint density at radius 1 is 1.05 bits per heavy atom. The van der Waals surface area contributed by atoms with E-state index in [1.165, 1.54) is 0 Å². The van der Waals surface area contributed by atoms with Gasteiger partial charge in [0.15, 0.2) is 11.5 Å². The van der Waals surface area contributed by atoms with Gasteiger partial charge in [0.2, 0.25) is 6.10 Å². The standard InChI is InChI=1S/C18H19NO3/c1-11-8-9-14(12(2)10-11)19-18(20)17-13(3)21-15-6-4-5-7-16(15)22-17/h4-10,13,17H,1-3H3,(H,19,20)/t13-,17+/m0/s1. The van der Waals surface area contributed by atoms with Crippen LogP contribution in [0.25, 0.3) is 0 Å². The molecule has 1 aliphatic heterocycles. The fourth-order valence-corrected chi connectivity index (χ4v) is 2.56. The molecule has 2 atom stereocenters. The molecule has 2 aromatic carbocycles. The first-order valence-electron chi connectivity index (χ1n) is 7.35. The summed E-state index contributed by atoms with van der Waals surface area (Å²) >= 11 is 0. The molecule has 1 amide bonds. The Morgan fingerprint density at radius 3 is 2.41 bits per heavy atom. The molecule has 0 saturated heterocycles. The number of ether oxygens (including phenoxy) is 2. The lowest BCUT2D eigenvalue weighted by Gasteiger charge is -2.31. The molecular weight excluding hydrogens is 278 g/mol. The van der Waals surface area contributed by atoms with E-state index in [1.807, 2.05) is 57.2 Å². The Bertz CT molecular complexity index is 711. The summed E-state index contributed by atoms with van der Waals surface area (Å²) in [5.74, 6) is 1.07. The molecule has 0 saturated carbocycles. The topological polar surface area (TPSA) is 47.6 Å². The molecule has 0 aliphatic carbocycles. The monoisotopic (exact) mass is 297 g/mol. The van der Waals surface area contributed by atoms with Crippen LogP contribution in [-0.2, 0) is 4.79 Å². The van der Waals surface area contributed by atoms with Crippen molar-refractivity contribution < 1.29 is 14.3 Å². The van der Waals surface area contributed by atoms with Crippen LogP contribution >= 0.6 is 0 Å². The molecule has 22 heavy (non-hydrogen) atoms. The number of rotatable bonds is 2. The van der Waals surface area contributed by atoms with Crippen LogP contribution < -0.4 is 14.8 Å². The molecule has 0 bridgehead atoms. The van der Waals surface area contributed by atoms with Gasteiger partial charge in [0, 0.05) is 5.69 Å². The minimum atomic E-state index is -0.671. The minimum Gasteiger partial charge on any atom is -0.482 e. The first-order valence-corrected chi connectivity index (χ1v) is 7.35. The Balaban J connectivity index is 1.78. The molecule has 4 heteroatoms. The molecule has 4 nitrogen and oxygen atoms in total. The molecule has 0 fully saturated rings. The maximum absolute atomic E-state index is 12.5. The summed E-state index contributed by atoms with van der Waals surface area (Å²) in [6.07, 6.45) is -1.02. The van der Waals surface area contributed by atoms with Gasteiger partial charge in [0.1, 0.15) is 6.10 Å². The highest BCUT2D eigenvalue weighted by Crippen LogP contribution is 2.33. The van der Waals surface area contributed by atoms with Gasteiger partial charge in [-0.3, -0.25) is 4.79 Å². The second-order valence-electron chi connectivity index (χ2n) is 5.62. The maximum Gasteiger partial charge on any atom is 0.269 e. The Labute approximate surface area is 130 Å². The third-order valence-electron chi connectivity index (χ3n) is 3.74. The molecule has 2 aromatic rings. The number of fused-ring (bicyclic) bond motifs is 1. The lowest BCUT2D eigenvalue weighted by atomic mass is 10.1. The molecule has 114 valence electrons. The molecule has 3 rings (SSSR count). The summed E-state index contributed by atoms with van der Waals surface area (Å²) in [5, 5.41) is 2.92. The van der Waals surface area contributed by atoms with Crippen LogP contribution in [0, 0.1) is 13.8 Å². The van der Waals surface area contributed by atoms with Crippen LogP contribution in [0.2, 0.25) is 0 Å². The second-order valence-corrected chi connectivity index (χ2v) is 5.62. The number of aryl methyl sites for hydroxylation is 2. The number of hydrogen-bond donors (Lipinski definition) is 1. The number of amides is 1. The third kappa shape index (κ3) is 2.77. The zero-order valence-corrected chi connectivity index (χ0v) is 12.9. The van der Waals surface area contributed by atoms with Crippen LogP contribution in [0.3, 0.4) is 0 Å². The van der Waals surface area contributed by atoms with Crippen molar-refractivity contribution >= 4 is 11.6 Å². The predicted octanol–water partition coefficient (Wildman–Crippen LogP) is 3.47. The quantitative estimate of drug-likeness (QED) is 0.923. The van der Waals surface area contributed by atoms with Gasteiger partial charge in [-0.15, -0.1) is 0 Å². The Morgan fingerprint density at radius 2 is 1.73 bits per heavy atom. The molecule has 0 spiro atoms. The van der Waals surface area contributed by atoms with Crippen LogP contribution in [0.15, 0.2) is 42.5 Å². The Hall–Kier alpha value is -2.49. The van der Waals surface area contributed by atoms with E-state index < -0.39 is 6.10 Å². The molecule has 0 aromatic heterocycles. The summed E-state index contributed by atoms with van der Waals surface area (Å²) in [7, 11) is 0. The molecule has 1 aliphatic rings. The van der Waals surface area contributed by atoms with Crippen molar-refractivity contribution in [2.45, 2.75) is 33.0 Å². The van der Waals surface area contributed by atoms with Crippen LogP contribution in [0.4, 0.5) is 5.69 Å². The van der Waals surface area contributed by atoms with Crippen molar-refractivity contribution in [2.24, 2.45) is 0 Å². The number of anilines is 1. The van der Waals surface area contributed by atoms with Gasteiger partial charge in [-0.1, -0.05) is 29.8 Å². The van der Waals surface area contributed by atoms with E-state index in [0.29, 0.717) is 11.5 Å². The number of carbonyl (C=O) groups excluding carboxylic acids is 1. The lowest BCUT2D eigenvalue weighted by Crippen LogP contribution is -2.46. The van der Waals surface area contributed by atoms with Gasteiger partial charge < -0.3 is 14.8 Å². The van der Waals surface area contributed by atoms with E-state index in [2.05, 4.69) is 5.32 Å². The molecule has 1 heterocycles. The van der Waals surface area contributed by atoms with Gasteiger partial charge in [-0.25, -0.2) is 0 Å². The van der Waals surface area contributed by atoms with E-state index in [0.717, 1.165) is 16.8 Å². The van der Waals surface area contributed by atoms with Crippen LogP contribution in [-0.4, -0.2) is 18.1 Å². The number of para-hydroxylation sites is 2. The van der Waals surface area contributed by atoms with Crippen LogP contribution in [0.5, 0.6) is 11.5 Å². The highest BCUT2D eigenvalue weighted by Gasteiger charge is 2.34. The predicted molar refractivity (Wildman–Crippen MR) is 85.5 cm³/mol. The van der Waals surface area contributed by atoms with Crippen molar-refractivity contribution in [3.8, 4) is 11.5 Å². The lowest BCUT2D eigenvalue weighted by molar-refractivity contribution is -0.128. The fourth-order valence-electron chi connectivity index (χ4n) is 2.56. The van der Waals surface area contributed by atoms with E-state index >= 15 is 0 Å². The van der Waals surface area contributed by atoms with Crippen LogP contribution in [0.1, 0.15) is 18.1 Å². The van der Waals surface area contributed by atoms with Crippen molar-refractivity contribution in [1.29, 1.82) is 0 Å². The summed E-state index contributed by atoms with van der Waals surface area (Å²) in [5.41, 5.74) is 2.98. The average molecular weight is 297 g/mol. The normalized spacial score (nSPS) is 19.6. The van der Waals surface area contributed by atoms with Crippen molar-refractivity contribution in [1.82, 2.24) is 0 Å². The van der Waals surface area contributed by atoms with E-state index in [4.69, 9.17) is 9.47 Å². The molecule has 0 unspecified atom stereocenters. The van der Waals surface area contributed by atoms with Gasteiger partial charge in [-0.05, 0) is 44.5 Å². The summed E-state index contributed by atoms with van der Waals surface area (Å²) in [6.45, 7) is 5.83. The molecule has 0 radical (unpaired) electrons. The highest BCUT2D eigenvalue weighted by atomic mass is 16.6. The van der Waals surface area contributed by atoms with E-state index in [9.17, 15) is 4.79 Å². The maximum atomic E-state index is 12.5. The number of hydrogen-bond acceptors (Lipinski definition) is 3. The number of carbonyl (C=O) groups is 1. The number of nitrogens with one attached hydrogen (secondary N) is 1. The van der Waals surface area contributed by atoms with Gasteiger partial charge in [0.05, 0.1) is 0 Å². The first-order chi connectivity index (χ1) is 10.5. The van der Waals surface area contributed by atoms with Gasteiger partial charge in [-0.2, -0.15) is 0 Å². The largest absolute Gasteiger partial charge is 0.482 e. The highest BCUT2D eigenvalue weighted by molar-refractivity contribution is 5.95. The fraction of sp³-hybridized carbons (Fsp3) is 0.278. The van der Waals surface area contributed by atoms with Gasteiger partial charge >= 0.3 is 0 Å². The van der Waals surface area contributed by atoms with Crippen molar-refractivity contribution in [3.05, 3.63) is 53.6 Å². The number of benzene rings is 2. The van der Waals surface area contributed by atoms with E-state index in [-0.39, 0.29) is 12.0 Å². The Kier molecular flexibility index (Phi) is 3.75. The van der Waals surface area contributed by atoms with Gasteiger partial charge in [0.25, 0.3) is 5.91 Å². The summed E-state index contributed by atoms with van der Waals surface area (Å²) in [6, 6.07) is 13.3. The zero-order chi connectivity index (χ0) is 15.7. The SMILES string of the molecule is Cc1ccc(NC(=O)[C@@H]2Oc3ccccc3O[C@H]2C)c(C)c1. The third-order valence-corrected chi connectivity index (χ3v) is 3.74. The van der Waals surface area contributed by atoms with Crippen molar-refractivity contribution in [3.63, 3.8) is 0 Å².